The summed E-state index contributed by atoms with van der Waals surface area (Å²) in [5.41, 5.74) is 1.40. The molecule has 1 N–H and O–H groups in total. The van der Waals surface area contributed by atoms with Crippen LogP contribution in [0.1, 0.15) is 11.1 Å². The van der Waals surface area contributed by atoms with Gasteiger partial charge in [0.1, 0.15) is 5.82 Å². The van der Waals surface area contributed by atoms with E-state index in [1.165, 1.54) is 6.07 Å². The monoisotopic (exact) mass is 230 g/mol. The molecule has 0 radical (unpaired) electrons. The van der Waals surface area contributed by atoms with Gasteiger partial charge in [-0.25, -0.2) is 4.39 Å². The first-order valence-corrected chi connectivity index (χ1v) is 5.20. The molecule has 1 rings (SSSR count). The van der Waals surface area contributed by atoms with E-state index in [9.17, 15) is 4.39 Å². The molecule has 0 saturated carbocycles. The van der Waals surface area contributed by atoms with Gasteiger partial charge in [0.25, 0.3) is 0 Å². The number of benzene rings is 1. The second kappa shape index (κ2) is 5.45. The maximum absolute atomic E-state index is 13.3. The summed E-state index contributed by atoms with van der Waals surface area (Å²) in [5, 5.41) is 3.64. The second-order valence-electron chi connectivity index (χ2n) is 3.72. The van der Waals surface area contributed by atoms with Crippen molar-refractivity contribution in [2.24, 2.45) is 0 Å². The zero-order valence-corrected chi connectivity index (χ0v) is 10.0. The van der Waals surface area contributed by atoms with Crippen molar-refractivity contribution in [1.29, 1.82) is 0 Å². The highest BCUT2D eigenvalue weighted by atomic mass is 35.5. The predicted molar refractivity (Wildman–Crippen MR) is 61.5 cm³/mol. The van der Waals surface area contributed by atoms with E-state index in [-0.39, 0.29) is 5.82 Å². The van der Waals surface area contributed by atoms with Gasteiger partial charge in [-0.05, 0) is 44.3 Å². The van der Waals surface area contributed by atoms with Crippen molar-refractivity contribution in [3.8, 4) is 0 Å². The highest BCUT2D eigenvalue weighted by Crippen LogP contribution is 2.21. The van der Waals surface area contributed by atoms with Gasteiger partial charge in [0, 0.05) is 18.2 Å². The van der Waals surface area contributed by atoms with Crippen LogP contribution in [0.2, 0.25) is 5.02 Å². The van der Waals surface area contributed by atoms with Crippen LogP contribution in [0.25, 0.3) is 0 Å². The predicted octanol–water partition coefficient (Wildman–Crippen LogP) is 2.40. The van der Waals surface area contributed by atoms with E-state index >= 15 is 0 Å². The smallest absolute Gasteiger partial charge is 0.126 e. The molecule has 0 amide bonds. The Morgan fingerprint density at radius 1 is 1.47 bits per heavy atom. The molecule has 1 aromatic rings. The number of hydrogen-bond acceptors (Lipinski definition) is 2. The summed E-state index contributed by atoms with van der Waals surface area (Å²) < 4.78 is 13.3. The van der Waals surface area contributed by atoms with E-state index in [4.69, 9.17) is 11.6 Å². The van der Waals surface area contributed by atoms with Crippen molar-refractivity contribution in [2.45, 2.75) is 13.5 Å². The van der Waals surface area contributed by atoms with Gasteiger partial charge in [-0.1, -0.05) is 11.6 Å². The van der Waals surface area contributed by atoms with Crippen LogP contribution in [-0.2, 0) is 6.54 Å². The van der Waals surface area contributed by atoms with Crippen molar-refractivity contribution < 1.29 is 4.39 Å². The number of hydrogen-bond donors (Lipinski definition) is 1. The van der Waals surface area contributed by atoms with E-state index < -0.39 is 0 Å². The SMILES string of the molecule is CNCN(C)Cc1cc(F)c(C)cc1Cl. The maximum atomic E-state index is 13.3. The van der Waals surface area contributed by atoms with Crippen molar-refractivity contribution in [3.05, 3.63) is 34.1 Å². The lowest BCUT2D eigenvalue weighted by atomic mass is 10.1. The number of rotatable bonds is 4. The molecule has 0 saturated heterocycles. The van der Waals surface area contributed by atoms with Crippen LogP contribution in [0.3, 0.4) is 0 Å². The van der Waals surface area contributed by atoms with Gasteiger partial charge in [-0.15, -0.1) is 0 Å². The second-order valence-corrected chi connectivity index (χ2v) is 4.13. The summed E-state index contributed by atoms with van der Waals surface area (Å²) in [6, 6.07) is 3.17. The highest BCUT2D eigenvalue weighted by molar-refractivity contribution is 6.31. The molecule has 0 aliphatic rings. The first-order chi connectivity index (χ1) is 7.04. The topological polar surface area (TPSA) is 15.3 Å². The molecule has 0 unspecified atom stereocenters. The van der Waals surface area contributed by atoms with Crippen molar-refractivity contribution in [2.75, 3.05) is 20.8 Å². The molecule has 15 heavy (non-hydrogen) atoms. The molecule has 1 aromatic carbocycles. The first-order valence-electron chi connectivity index (χ1n) is 4.82. The van der Waals surface area contributed by atoms with E-state index in [2.05, 4.69) is 5.32 Å². The van der Waals surface area contributed by atoms with E-state index in [1.807, 2.05) is 19.0 Å². The molecule has 4 heteroatoms. The van der Waals surface area contributed by atoms with Gasteiger partial charge in [0.05, 0.1) is 0 Å². The molecular formula is C11H16ClFN2. The Morgan fingerprint density at radius 3 is 2.73 bits per heavy atom. The number of nitrogens with zero attached hydrogens (tertiary/aromatic N) is 1. The van der Waals surface area contributed by atoms with Crippen LogP contribution in [-0.4, -0.2) is 25.7 Å². The summed E-state index contributed by atoms with van der Waals surface area (Å²) in [6.45, 7) is 3.09. The van der Waals surface area contributed by atoms with Crippen molar-refractivity contribution >= 4 is 11.6 Å². The summed E-state index contributed by atoms with van der Waals surface area (Å²) >= 11 is 6.03. The zero-order valence-electron chi connectivity index (χ0n) is 9.27. The summed E-state index contributed by atoms with van der Waals surface area (Å²) in [5.74, 6) is -0.202. The Morgan fingerprint density at radius 2 is 2.13 bits per heavy atom. The minimum atomic E-state index is -0.202. The Balaban J connectivity index is 2.81. The minimum Gasteiger partial charge on any atom is -0.307 e. The Labute approximate surface area is 95.0 Å². The molecule has 0 aliphatic heterocycles. The number of halogens is 2. The Kier molecular flexibility index (Phi) is 4.51. The van der Waals surface area contributed by atoms with Crippen LogP contribution >= 0.6 is 11.6 Å². The highest BCUT2D eigenvalue weighted by Gasteiger charge is 2.07. The molecule has 0 fully saturated rings. The van der Waals surface area contributed by atoms with Gasteiger partial charge >= 0.3 is 0 Å². The maximum Gasteiger partial charge on any atom is 0.126 e. The molecule has 84 valence electrons. The zero-order chi connectivity index (χ0) is 11.4. The van der Waals surface area contributed by atoms with Crippen LogP contribution in [0.5, 0.6) is 0 Å². The lowest BCUT2D eigenvalue weighted by Crippen LogP contribution is -2.28. The first kappa shape index (κ1) is 12.4. The number of nitrogens with one attached hydrogen (secondary N) is 1. The van der Waals surface area contributed by atoms with E-state index in [0.29, 0.717) is 17.1 Å². The largest absolute Gasteiger partial charge is 0.307 e. The quantitative estimate of drug-likeness (QED) is 0.800. The average Bonchev–Trinajstić information content (AvgIpc) is 2.14. The molecule has 2 nitrogen and oxygen atoms in total. The molecule has 0 heterocycles. The lowest BCUT2D eigenvalue weighted by molar-refractivity contribution is 0.309. The normalized spacial score (nSPS) is 11.1. The van der Waals surface area contributed by atoms with E-state index in [0.717, 1.165) is 12.2 Å². The fraction of sp³-hybridized carbons (Fsp3) is 0.455. The average molecular weight is 231 g/mol. The fourth-order valence-corrected chi connectivity index (χ4v) is 1.70. The Bertz CT molecular complexity index is 342. The molecule has 0 aromatic heterocycles. The van der Waals surface area contributed by atoms with Crippen molar-refractivity contribution in [1.82, 2.24) is 10.2 Å². The van der Waals surface area contributed by atoms with Crippen molar-refractivity contribution in [3.63, 3.8) is 0 Å². The third-order valence-electron chi connectivity index (χ3n) is 2.20. The summed E-state index contributed by atoms with van der Waals surface area (Å²) in [4.78, 5) is 2.02. The Hall–Kier alpha value is -0.640. The van der Waals surface area contributed by atoms with Gasteiger partial charge in [-0.3, -0.25) is 4.90 Å². The molecule has 0 bridgehead atoms. The standard InChI is InChI=1S/C11H16ClFN2/c1-8-4-10(12)9(5-11(8)13)6-15(3)7-14-2/h4-5,14H,6-7H2,1-3H3. The fourth-order valence-electron chi connectivity index (χ4n) is 1.43. The molecular weight excluding hydrogens is 215 g/mol. The third kappa shape index (κ3) is 3.45. The minimum absolute atomic E-state index is 0.202. The summed E-state index contributed by atoms with van der Waals surface area (Å²) in [7, 11) is 3.82. The lowest BCUT2D eigenvalue weighted by Gasteiger charge is -2.17. The van der Waals surface area contributed by atoms with Crippen LogP contribution in [0, 0.1) is 12.7 Å². The van der Waals surface area contributed by atoms with Gasteiger partial charge in [0.2, 0.25) is 0 Å². The van der Waals surface area contributed by atoms with Gasteiger partial charge in [0.15, 0.2) is 0 Å². The van der Waals surface area contributed by atoms with Gasteiger partial charge in [-0.2, -0.15) is 0 Å². The van der Waals surface area contributed by atoms with E-state index in [1.54, 1.807) is 13.0 Å². The van der Waals surface area contributed by atoms with Crippen LogP contribution in [0.15, 0.2) is 12.1 Å². The molecule has 0 atom stereocenters. The van der Waals surface area contributed by atoms with Gasteiger partial charge < -0.3 is 5.32 Å². The molecule has 0 aliphatic carbocycles. The number of aryl methyl sites for hydroxylation is 1. The van der Waals surface area contributed by atoms with Crippen LogP contribution in [0.4, 0.5) is 4.39 Å². The molecule has 0 spiro atoms. The third-order valence-corrected chi connectivity index (χ3v) is 2.55. The summed E-state index contributed by atoms with van der Waals surface area (Å²) in [6.07, 6.45) is 0. The van der Waals surface area contributed by atoms with Crippen LogP contribution < -0.4 is 5.32 Å².